The third kappa shape index (κ3) is 41.3. The fraction of sp³-hybridized carbons (Fsp3) is 0.512. The van der Waals surface area contributed by atoms with Crippen molar-refractivity contribution >= 4 is 50.9 Å². The number of alkyl halides is 5. The van der Waals surface area contributed by atoms with E-state index in [-0.39, 0.29) is 90.5 Å². The van der Waals surface area contributed by atoms with Crippen LogP contribution < -0.4 is 23.7 Å². The standard InChI is InChI=1S/C32H34O3.C21H21O3S.C16H26O3.C15H22O3.C10H20O2.C10H14.C9H13F5O5S.C8H16O3/c1-4-24(2)26-18-20-29(21-19-26)35-25(3)33-22-23-34-32-30(27-12-7-5-8-13-27)16-11-17-31(32)28-14-9-6-10-15-28;1-23-17-5-11-20(12-6-17)25(19-9-3-16(15-22)4-10-19)21-13-7-18(24-2)8-14-21;1-4-14(2,3)13(17)19-16-8-11-5-12(9-16)7-15(18,6-11)10-16;1-4-15(2,3)14(17)18-13-9-7-12(8-10-13)6-5-11-16;1-7-10(5,6)8(11)12-9(2,3)4;1-3-9(2)10-7-5-4-6-8-10;1-4-7(2,3)6(15)19-5(8(10,11)12)9(13,14)20(16,17)18;1-4-8(2,3)7(10)11-6-5-9/h5-21,24-25H,4,22-23H2,1-3H3;3-14,22H,15H2,1-2H3;11-12,18H,4-10H2,1-3H3;7-10,16H,4-6,11H2,1-3H3;7H2,1-6H3;4-9H,3H2,1-2H3;5H,4H2,1-3H3,(H,16,17,18);9H,4-6H2,1-3H3/q;+1;;;;;;/p-1. The summed E-state index contributed by atoms with van der Waals surface area (Å²) in [7, 11) is -3.56. The molecular formula is C121H165F5O22S2. The van der Waals surface area contributed by atoms with Crippen LogP contribution in [-0.4, -0.2) is 151 Å². The maximum atomic E-state index is 13.0. The van der Waals surface area contributed by atoms with Gasteiger partial charge in [-0.05, 0) is 329 Å². The van der Waals surface area contributed by atoms with Gasteiger partial charge in [0.2, 0.25) is 0 Å². The maximum absolute atomic E-state index is 13.0. The lowest BCUT2D eigenvalue weighted by atomic mass is 9.52. The molecule has 4 N–H and O–H groups in total. The number of aryl methyl sites for hydroxylation is 1. The summed E-state index contributed by atoms with van der Waals surface area (Å²) in [6, 6.07) is 77.8. The lowest BCUT2D eigenvalue weighted by Gasteiger charge is -2.59. The summed E-state index contributed by atoms with van der Waals surface area (Å²) >= 11 is 0. The van der Waals surface area contributed by atoms with Gasteiger partial charge in [0.25, 0.3) is 6.10 Å². The molecule has 0 aromatic heterocycles. The molecule has 22 nitrogen and oxygen atoms in total. The van der Waals surface area contributed by atoms with E-state index in [1.165, 1.54) is 45.6 Å². The van der Waals surface area contributed by atoms with Crippen molar-refractivity contribution in [3.05, 3.63) is 253 Å². The molecule has 4 aliphatic carbocycles. The maximum Gasteiger partial charge on any atom is 0.432 e. The van der Waals surface area contributed by atoms with E-state index >= 15 is 0 Å². The Labute approximate surface area is 891 Å². The summed E-state index contributed by atoms with van der Waals surface area (Å²) in [6.45, 7) is 44.2. The summed E-state index contributed by atoms with van der Waals surface area (Å²) in [5.74, 6) is 3.99. The van der Waals surface area contributed by atoms with Crippen molar-refractivity contribution in [2.75, 3.05) is 47.3 Å². The van der Waals surface area contributed by atoms with Gasteiger partial charge in [0, 0.05) is 24.2 Å². The van der Waals surface area contributed by atoms with Crippen LogP contribution in [0.1, 0.15) is 283 Å². The van der Waals surface area contributed by atoms with Crippen LogP contribution in [0, 0.1) is 38.9 Å². The number of esters is 5. The number of rotatable bonds is 39. The average Bonchev–Trinajstić information content (AvgIpc) is 0.722. The Hall–Kier alpha value is -10.8. The zero-order valence-corrected chi connectivity index (χ0v) is 94.2. The van der Waals surface area contributed by atoms with Crippen molar-refractivity contribution in [3.8, 4) is 51.0 Å². The predicted molar refractivity (Wildman–Crippen MR) is 580 cm³/mol. The van der Waals surface area contributed by atoms with Crippen molar-refractivity contribution in [3.63, 3.8) is 0 Å². The molecule has 0 amide bonds. The van der Waals surface area contributed by atoms with Crippen LogP contribution in [0.5, 0.6) is 28.7 Å². The van der Waals surface area contributed by atoms with Gasteiger partial charge in [-0.25, -0.2) is 8.42 Å². The van der Waals surface area contributed by atoms with E-state index < -0.39 is 60.9 Å². The average molecular weight is 2130 g/mol. The summed E-state index contributed by atoms with van der Waals surface area (Å²) in [5, 5.41) is 31.3. The Morgan fingerprint density at radius 3 is 1.25 bits per heavy atom. The highest BCUT2D eigenvalue weighted by Gasteiger charge is 2.64. The molecule has 0 spiro atoms. The number of benzene rings is 9. The minimum Gasteiger partial charge on any atom is -0.743 e. The molecule has 150 heavy (non-hydrogen) atoms. The predicted octanol–water partition coefficient (Wildman–Crippen LogP) is 27.6. The van der Waals surface area contributed by atoms with Gasteiger partial charge in [0.1, 0.15) is 53.2 Å². The van der Waals surface area contributed by atoms with Crippen LogP contribution in [0.4, 0.5) is 22.0 Å². The molecule has 6 unspecified atom stereocenters. The van der Waals surface area contributed by atoms with Gasteiger partial charge in [0.15, 0.2) is 31.1 Å². The third-order valence-electron chi connectivity index (χ3n) is 27.3. The Morgan fingerprint density at radius 2 is 0.853 bits per heavy atom. The monoisotopic (exact) mass is 2130 g/mol. The van der Waals surface area contributed by atoms with Gasteiger partial charge in [-0.3, -0.25) is 24.0 Å². The number of halogens is 5. The Balaban J connectivity index is 0.000000311. The number of aliphatic hydroxyl groups excluding tert-OH is 3. The van der Waals surface area contributed by atoms with Crippen molar-refractivity contribution < 1.29 is 127 Å². The second kappa shape index (κ2) is 60.0. The molecule has 29 heteroatoms. The van der Waals surface area contributed by atoms with Crippen molar-refractivity contribution in [1.29, 1.82) is 0 Å². The van der Waals surface area contributed by atoms with E-state index in [1.54, 1.807) is 26.4 Å². The zero-order valence-electron chi connectivity index (χ0n) is 92.6. The number of methoxy groups -OCH3 is 2. The van der Waals surface area contributed by atoms with Crippen LogP contribution in [-0.2, 0) is 81.7 Å². The number of para-hydroxylation sites is 1. The first-order valence-electron chi connectivity index (χ1n) is 51.8. The molecule has 828 valence electrons. The first-order chi connectivity index (χ1) is 70.3. The highest BCUT2D eigenvalue weighted by Crippen LogP contribution is 2.59. The van der Waals surface area contributed by atoms with Gasteiger partial charge < -0.3 is 72.3 Å². The molecule has 6 atom stereocenters. The van der Waals surface area contributed by atoms with E-state index in [9.17, 15) is 69.1 Å². The SMILES string of the molecule is CCC(C)(C)C(=O)OC(C(F)(F)F)C(F)(F)S(=O)(=O)[O-].CCC(C)(C)C(=O)OC(C)(C)C.CCC(C)(C)C(=O)OC12CC3CC(CC(O)(C3)C1)C2.CCC(C)(C)C(=O)OCCO.CCC(C)(C)C(=O)Oc1ccc(CCCO)cc1.CCC(C)c1ccc(OC(C)OCCOc2c(-c3ccccc3)cccc2-c2ccccc2)cc1.CCC(C)c1ccccc1.COc1ccc([S+](c2ccc(CO)cc2)c2ccc(OC)cc2)cc1. The number of carbonyl (C=O) groups excluding carboxylic acids is 5. The number of hydrogen-bond donors (Lipinski definition) is 4. The zero-order chi connectivity index (χ0) is 112. The molecule has 4 fully saturated rings. The molecule has 4 saturated carbocycles. The molecule has 4 aliphatic rings. The molecule has 13 rings (SSSR count). The summed E-state index contributed by atoms with van der Waals surface area (Å²) in [5.41, 5.74) is 4.74. The Morgan fingerprint density at radius 1 is 0.453 bits per heavy atom. The van der Waals surface area contributed by atoms with Crippen LogP contribution >= 0.6 is 0 Å². The highest BCUT2D eigenvalue weighted by molar-refractivity contribution is 7.97. The number of carbonyl (C=O) groups is 5. The molecule has 0 aliphatic heterocycles. The van der Waals surface area contributed by atoms with E-state index in [1.807, 2.05) is 208 Å². The summed E-state index contributed by atoms with van der Waals surface area (Å²) in [6.07, 6.45) is 2.01. The van der Waals surface area contributed by atoms with Gasteiger partial charge >= 0.3 is 41.3 Å². The van der Waals surface area contributed by atoms with Crippen molar-refractivity contribution in [2.45, 2.75) is 329 Å². The van der Waals surface area contributed by atoms with Crippen molar-refractivity contribution in [2.24, 2.45) is 38.9 Å². The fourth-order valence-corrected chi connectivity index (χ4v) is 18.2. The summed E-state index contributed by atoms with van der Waals surface area (Å²) in [4.78, 5) is 61.9. The highest BCUT2D eigenvalue weighted by atomic mass is 32.2. The molecule has 9 aromatic carbocycles. The lowest BCUT2D eigenvalue weighted by Crippen LogP contribution is -2.61. The van der Waals surface area contributed by atoms with E-state index in [4.69, 9.17) is 52.8 Å². The number of hydrogen-bond acceptors (Lipinski definition) is 22. The van der Waals surface area contributed by atoms with Crippen LogP contribution in [0.15, 0.2) is 245 Å². The number of aliphatic hydroxyl groups is 4. The first-order valence-corrected chi connectivity index (χ1v) is 54.5. The number of ether oxygens (including phenoxy) is 10. The van der Waals surface area contributed by atoms with E-state index in [0.29, 0.717) is 49.1 Å². The van der Waals surface area contributed by atoms with E-state index in [2.05, 4.69) is 154 Å². The van der Waals surface area contributed by atoms with Crippen LogP contribution in [0.3, 0.4) is 0 Å². The van der Waals surface area contributed by atoms with Gasteiger partial charge in [0.05, 0.1) is 77.6 Å². The quantitative estimate of drug-likeness (QED) is 0.00406. The molecule has 0 radical (unpaired) electrons. The second-order valence-electron chi connectivity index (χ2n) is 42.4. The van der Waals surface area contributed by atoms with Gasteiger partial charge in [-0.15, -0.1) is 0 Å². The molecule has 4 bridgehead atoms. The van der Waals surface area contributed by atoms with Crippen LogP contribution in [0.25, 0.3) is 22.3 Å². The molecular weight excluding hydrogens is 1960 g/mol. The van der Waals surface area contributed by atoms with Crippen molar-refractivity contribution in [1.82, 2.24) is 0 Å². The van der Waals surface area contributed by atoms with Gasteiger partial charge in [-0.1, -0.05) is 208 Å². The van der Waals surface area contributed by atoms with Crippen LogP contribution in [0.2, 0.25) is 0 Å². The summed E-state index contributed by atoms with van der Waals surface area (Å²) < 4.78 is 148. The Bertz CT molecular complexity index is 5440. The normalized spacial score (nSPS) is 16.6. The fourth-order valence-electron chi connectivity index (χ4n) is 15.7. The lowest BCUT2D eigenvalue weighted by molar-refractivity contribution is -0.262. The first kappa shape index (κ1) is 130. The minimum absolute atomic E-state index is 0.0495. The Kier molecular flexibility index (Phi) is 51.9. The van der Waals surface area contributed by atoms with Gasteiger partial charge in [-0.2, -0.15) is 22.0 Å². The molecule has 0 saturated heterocycles. The molecule has 0 heterocycles. The second-order valence-corrected chi connectivity index (χ2v) is 45.9. The smallest absolute Gasteiger partial charge is 0.432 e. The largest absolute Gasteiger partial charge is 0.743 e. The molecule has 9 aromatic rings. The topological polar surface area (TPSA) is 316 Å². The van der Waals surface area contributed by atoms with E-state index in [0.717, 1.165) is 141 Å². The minimum atomic E-state index is -6.66. The third-order valence-corrected chi connectivity index (χ3v) is 30.4.